The van der Waals surface area contributed by atoms with Crippen LogP contribution in [0.25, 0.3) is 0 Å². The normalized spacial score (nSPS) is 19.6. The SMILES string of the molecule is CCC1CN(C)c2cc(C(C)C)ccc2N1. The largest absolute Gasteiger partial charge is 0.379 e. The third-order valence-electron chi connectivity index (χ3n) is 3.45. The molecule has 0 saturated heterocycles. The lowest BCUT2D eigenvalue weighted by Crippen LogP contribution is -2.38. The van der Waals surface area contributed by atoms with Crippen LogP contribution in [0.4, 0.5) is 11.4 Å². The van der Waals surface area contributed by atoms with E-state index >= 15 is 0 Å². The topological polar surface area (TPSA) is 15.3 Å². The first-order valence-corrected chi connectivity index (χ1v) is 6.23. The van der Waals surface area contributed by atoms with Gasteiger partial charge in [-0.15, -0.1) is 0 Å². The third kappa shape index (κ3) is 2.01. The highest BCUT2D eigenvalue weighted by molar-refractivity contribution is 5.73. The van der Waals surface area contributed by atoms with Crippen molar-refractivity contribution < 1.29 is 0 Å². The zero-order chi connectivity index (χ0) is 11.7. The zero-order valence-corrected chi connectivity index (χ0v) is 10.7. The Balaban J connectivity index is 2.33. The molecule has 0 aromatic heterocycles. The number of fused-ring (bicyclic) bond motifs is 1. The van der Waals surface area contributed by atoms with Crippen molar-refractivity contribution in [1.82, 2.24) is 0 Å². The van der Waals surface area contributed by atoms with Gasteiger partial charge in [-0.3, -0.25) is 0 Å². The minimum atomic E-state index is 0.586. The second-order valence-electron chi connectivity index (χ2n) is 5.06. The molecule has 1 aromatic carbocycles. The van der Waals surface area contributed by atoms with E-state index in [0.717, 1.165) is 6.54 Å². The predicted octanol–water partition coefficient (Wildman–Crippen LogP) is 3.45. The van der Waals surface area contributed by atoms with Gasteiger partial charge in [0.05, 0.1) is 11.4 Å². The monoisotopic (exact) mass is 218 g/mol. The molecule has 1 N–H and O–H groups in total. The van der Waals surface area contributed by atoms with E-state index in [4.69, 9.17) is 0 Å². The summed E-state index contributed by atoms with van der Waals surface area (Å²) in [5, 5.41) is 3.60. The molecule has 1 atom stereocenters. The Morgan fingerprint density at radius 1 is 1.44 bits per heavy atom. The molecule has 2 rings (SSSR count). The van der Waals surface area contributed by atoms with Crippen LogP contribution in [0.2, 0.25) is 0 Å². The summed E-state index contributed by atoms with van der Waals surface area (Å²) in [6.45, 7) is 7.82. The molecular weight excluding hydrogens is 196 g/mol. The molecule has 1 aliphatic heterocycles. The van der Waals surface area contributed by atoms with Crippen molar-refractivity contribution in [3.63, 3.8) is 0 Å². The first kappa shape index (κ1) is 11.3. The molecule has 16 heavy (non-hydrogen) atoms. The van der Waals surface area contributed by atoms with E-state index in [0.29, 0.717) is 12.0 Å². The van der Waals surface area contributed by atoms with E-state index in [1.165, 1.54) is 23.4 Å². The second kappa shape index (κ2) is 4.36. The maximum Gasteiger partial charge on any atom is 0.0603 e. The average Bonchev–Trinajstić information content (AvgIpc) is 2.28. The van der Waals surface area contributed by atoms with E-state index in [-0.39, 0.29) is 0 Å². The fourth-order valence-corrected chi connectivity index (χ4v) is 2.27. The summed E-state index contributed by atoms with van der Waals surface area (Å²) in [5.74, 6) is 0.600. The number of rotatable bonds is 2. The van der Waals surface area contributed by atoms with Gasteiger partial charge in [0.2, 0.25) is 0 Å². The summed E-state index contributed by atoms with van der Waals surface area (Å²) in [4.78, 5) is 2.37. The van der Waals surface area contributed by atoms with Crippen LogP contribution in [0.15, 0.2) is 18.2 Å². The smallest absolute Gasteiger partial charge is 0.0603 e. The van der Waals surface area contributed by atoms with Gasteiger partial charge in [0.1, 0.15) is 0 Å². The summed E-state index contributed by atoms with van der Waals surface area (Å²) in [5.41, 5.74) is 4.04. The van der Waals surface area contributed by atoms with E-state index in [1.54, 1.807) is 0 Å². The lowest BCUT2D eigenvalue weighted by Gasteiger charge is -2.35. The number of anilines is 2. The lowest BCUT2D eigenvalue weighted by atomic mass is 10.00. The van der Waals surface area contributed by atoms with Gasteiger partial charge >= 0.3 is 0 Å². The van der Waals surface area contributed by atoms with Crippen LogP contribution < -0.4 is 10.2 Å². The fraction of sp³-hybridized carbons (Fsp3) is 0.571. The Bertz CT molecular complexity index is 371. The van der Waals surface area contributed by atoms with E-state index in [1.807, 2.05) is 0 Å². The molecule has 1 heterocycles. The second-order valence-corrected chi connectivity index (χ2v) is 5.06. The van der Waals surface area contributed by atoms with Crippen molar-refractivity contribution in [1.29, 1.82) is 0 Å². The van der Waals surface area contributed by atoms with Crippen molar-refractivity contribution in [3.8, 4) is 0 Å². The molecule has 1 unspecified atom stereocenters. The number of hydrogen-bond donors (Lipinski definition) is 1. The number of likely N-dealkylation sites (N-methyl/N-ethyl adjacent to an activating group) is 1. The van der Waals surface area contributed by atoms with Crippen LogP contribution in [-0.2, 0) is 0 Å². The van der Waals surface area contributed by atoms with Gasteiger partial charge in [-0.05, 0) is 30.0 Å². The van der Waals surface area contributed by atoms with Crippen molar-refractivity contribution >= 4 is 11.4 Å². The van der Waals surface area contributed by atoms with Gasteiger partial charge in [-0.2, -0.15) is 0 Å². The Labute approximate surface area is 98.7 Å². The lowest BCUT2D eigenvalue weighted by molar-refractivity contribution is 0.661. The highest BCUT2D eigenvalue weighted by Crippen LogP contribution is 2.33. The standard InChI is InChI=1S/C14H22N2/c1-5-12-9-16(4)14-8-11(10(2)3)6-7-13(14)15-12/h6-8,10,12,15H,5,9H2,1-4H3. The average molecular weight is 218 g/mol. The predicted molar refractivity (Wildman–Crippen MR) is 71.5 cm³/mol. The summed E-state index contributed by atoms with van der Waals surface area (Å²) >= 11 is 0. The molecule has 0 amide bonds. The summed E-state index contributed by atoms with van der Waals surface area (Å²) in [6, 6.07) is 7.37. The first-order chi connectivity index (χ1) is 7.61. The molecule has 2 heteroatoms. The summed E-state index contributed by atoms with van der Waals surface area (Å²) in [7, 11) is 2.19. The van der Waals surface area contributed by atoms with Gasteiger partial charge in [0, 0.05) is 19.6 Å². The summed E-state index contributed by atoms with van der Waals surface area (Å²) < 4.78 is 0. The molecule has 1 aromatic rings. The minimum absolute atomic E-state index is 0.586. The number of nitrogens with zero attached hydrogens (tertiary/aromatic N) is 1. The first-order valence-electron chi connectivity index (χ1n) is 6.23. The number of hydrogen-bond acceptors (Lipinski definition) is 2. The van der Waals surface area contributed by atoms with Gasteiger partial charge in [0.15, 0.2) is 0 Å². The Morgan fingerprint density at radius 3 is 2.81 bits per heavy atom. The maximum atomic E-state index is 3.60. The molecule has 0 spiro atoms. The van der Waals surface area contributed by atoms with Crippen LogP contribution in [0.1, 0.15) is 38.7 Å². The molecule has 0 saturated carbocycles. The number of nitrogens with one attached hydrogen (secondary N) is 1. The van der Waals surface area contributed by atoms with E-state index in [2.05, 4.69) is 56.2 Å². The van der Waals surface area contributed by atoms with Crippen molar-refractivity contribution in [2.45, 2.75) is 39.2 Å². The van der Waals surface area contributed by atoms with Gasteiger partial charge in [-0.25, -0.2) is 0 Å². The molecule has 0 radical (unpaired) electrons. The van der Waals surface area contributed by atoms with Crippen LogP contribution in [0.5, 0.6) is 0 Å². The molecule has 88 valence electrons. The zero-order valence-electron chi connectivity index (χ0n) is 10.7. The van der Waals surface area contributed by atoms with Crippen LogP contribution in [0, 0.1) is 0 Å². The molecule has 0 fully saturated rings. The van der Waals surface area contributed by atoms with E-state index in [9.17, 15) is 0 Å². The summed E-state index contributed by atoms with van der Waals surface area (Å²) in [6.07, 6.45) is 1.18. The molecule has 2 nitrogen and oxygen atoms in total. The number of benzene rings is 1. The fourth-order valence-electron chi connectivity index (χ4n) is 2.27. The Morgan fingerprint density at radius 2 is 2.19 bits per heavy atom. The van der Waals surface area contributed by atoms with Crippen LogP contribution >= 0.6 is 0 Å². The highest BCUT2D eigenvalue weighted by Gasteiger charge is 2.20. The van der Waals surface area contributed by atoms with E-state index < -0.39 is 0 Å². The minimum Gasteiger partial charge on any atom is -0.379 e. The van der Waals surface area contributed by atoms with Gasteiger partial charge < -0.3 is 10.2 Å². The molecule has 1 aliphatic rings. The molecule has 0 bridgehead atoms. The highest BCUT2D eigenvalue weighted by atomic mass is 15.2. The molecular formula is C14H22N2. The van der Waals surface area contributed by atoms with Gasteiger partial charge in [0.25, 0.3) is 0 Å². The van der Waals surface area contributed by atoms with Crippen LogP contribution in [0.3, 0.4) is 0 Å². The third-order valence-corrected chi connectivity index (χ3v) is 3.45. The quantitative estimate of drug-likeness (QED) is 0.818. The van der Waals surface area contributed by atoms with Gasteiger partial charge in [-0.1, -0.05) is 26.8 Å². The van der Waals surface area contributed by atoms with Crippen LogP contribution in [-0.4, -0.2) is 19.6 Å². The van der Waals surface area contributed by atoms with Crippen molar-refractivity contribution in [3.05, 3.63) is 23.8 Å². The van der Waals surface area contributed by atoms with Crippen molar-refractivity contribution in [2.75, 3.05) is 23.8 Å². The maximum absolute atomic E-state index is 3.60. The Hall–Kier alpha value is -1.18. The Kier molecular flexibility index (Phi) is 3.08. The van der Waals surface area contributed by atoms with Crippen molar-refractivity contribution in [2.24, 2.45) is 0 Å². The molecule has 0 aliphatic carbocycles.